The van der Waals surface area contributed by atoms with Gasteiger partial charge in [0.2, 0.25) is 0 Å². The molecule has 0 aromatic heterocycles. The van der Waals surface area contributed by atoms with Crippen molar-refractivity contribution >= 4 is 6.09 Å². The highest BCUT2D eigenvalue weighted by Gasteiger charge is 2.15. The normalized spacial score (nSPS) is 11.2. The first kappa shape index (κ1) is 15.3. The van der Waals surface area contributed by atoms with Crippen molar-refractivity contribution in [1.29, 1.82) is 0 Å². The van der Waals surface area contributed by atoms with Gasteiger partial charge in [-0.2, -0.15) is 0 Å². The van der Waals surface area contributed by atoms with Gasteiger partial charge in [0.1, 0.15) is 11.4 Å². The van der Waals surface area contributed by atoms with Crippen molar-refractivity contribution in [3.05, 3.63) is 29.3 Å². The Morgan fingerprint density at radius 3 is 2.68 bits per heavy atom. The third-order valence-corrected chi connectivity index (χ3v) is 2.45. The van der Waals surface area contributed by atoms with Crippen molar-refractivity contribution in [2.45, 2.75) is 39.3 Å². The van der Waals surface area contributed by atoms with Crippen molar-refractivity contribution in [1.82, 2.24) is 5.32 Å². The third-order valence-electron chi connectivity index (χ3n) is 2.45. The first-order valence-electron chi connectivity index (χ1n) is 6.29. The molecule has 0 fully saturated rings. The predicted octanol–water partition coefficient (Wildman–Crippen LogP) is 1.92. The maximum Gasteiger partial charge on any atom is 0.407 e. The summed E-state index contributed by atoms with van der Waals surface area (Å²) in [5.41, 5.74) is 6.74. The lowest BCUT2D eigenvalue weighted by atomic mass is 10.1. The summed E-state index contributed by atoms with van der Waals surface area (Å²) in [6, 6.07) is 5.27. The summed E-state index contributed by atoms with van der Waals surface area (Å²) in [6.45, 7) is 6.23. The highest BCUT2D eigenvalue weighted by molar-refractivity contribution is 5.67. The van der Waals surface area contributed by atoms with Gasteiger partial charge in [-0.25, -0.2) is 4.79 Å². The van der Waals surface area contributed by atoms with E-state index in [-0.39, 0.29) is 5.75 Å². The molecule has 1 aromatic rings. The van der Waals surface area contributed by atoms with Gasteiger partial charge < -0.3 is 20.9 Å². The Hall–Kier alpha value is -1.75. The van der Waals surface area contributed by atoms with E-state index < -0.39 is 11.7 Å². The van der Waals surface area contributed by atoms with Gasteiger partial charge in [-0.05, 0) is 38.8 Å². The molecule has 5 heteroatoms. The van der Waals surface area contributed by atoms with Gasteiger partial charge in [0.25, 0.3) is 0 Å². The first-order valence-corrected chi connectivity index (χ1v) is 6.29. The summed E-state index contributed by atoms with van der Waals surface area (Å²) in [4.78, 5) is 11.4. The number of amides is 1. The molecule has 0 radical (unpaired) electrons. The molecule has 0 heterocycles. The van der Waals surface area contributed by atoms with Crippen molar-refractivity contribution in [3.63, 3.8) is 0 Å². The minimum atomic E-state index is -0.491. The van der Waals surface area contributed by atoms with Crippen LogP contribution in [0.1, 0.15) is 31.9 Å². The highest BCUT2D eigenvalue weighted by atomic mass is 16.6. The Kier molecular flexibility index (Phi) is 5.18. The van der Waals surface area contributed by atoms with Crippen LogP contribution in [0.2, 0.25) is 0 Å². The molecule has 0 saturated heterocycles. The molecule has 1 aromatic carbocycles. The lowest BCUT2D eigenvalue weighted by molar-refractivity contribution is 0.0528. The molecule has 0 saturated carbocycles. The second-order valence-corrected chi connectivity index (χ2v) is 5.35. The molecular weight excluding hydrogens is 244 g/mol. The zero-order valence-electron chi connectivity index (χ0n) is 11.7. The maximum absolute atomic E-state index is 11.4. The Morgan fingerprint density at radius 2 is 2.11 bits per heavy atom. The molecule has 19 heavy (non-hydrogen) atoms. The standard InChI is InChI=1S/C14H22N2O3/c1-14(2,3)19-13(18)16-7-6-10-4-5-12(17)11(8-10)9-15/h4-5,8,17H,6-7,9,15H2,1-3H3,(H,16,18). The number of ether oxygens (including phenoxy) is 1. The monoisotopic (exact) mass is 266 g/mol. The van der Waals surface area contributed by atoms with E-state index >= 15 is 0 Å². The average Bonchev–Trinajstić information content (AvgIpc) is 2.29. The summed E-state index contributed by atoms with van der Waals surface area (Å²) >= 11 is 0. The zero-order chi connectivity index (χ0) is 14.5. The zero-order valence-corrected chi connectivity index (χ0v) is 11.7. The number of aromatic hydroxyl groups is 1. The number of nitrogens with two attached hydrogens (primary N) is 1. The van der Waals surface area contributed by atoms with E-state index in [4.69, 9.17) is 10.5 Å². The number of benzene rings is 1. The fraction of sp³-hybridized carbons (Fsp3) is 0.500. The molecule has 5 nitrogen and oxygen atoms in total. The lowest BCUT2D eigenvalue weighted by Crippen LogP contribution is -2.33. The van der Waals surface area contributed by atoms with Crippen molar-refractivity contribution in [3.8, 4) is 5.75 Å². The Morgan fingerprint density at radius 1 is 1.42 bits per heavy atom. The van der Waals surface area contributed by atoms with Crippen LogP contribution < -0.4 is 11.1 Å². The minimum Gasteiger partial charge on any atom is -0.508 e. The SMILES string of the molecule is CC(C)(C)OC(=O)NCCc1ccc(O)c(CN)c1. The number of hydrogen-bond acceptors (Lipinski definition) is 4. The second kappa shape index (κ2) is 6.43. The molecule has 0 aliphatic carbocycles. The largest absolute Gasteiger partial charge is 0.508 e. The fourth-order valence-electron chi connectivity index (χ4n) is 1.58. The molecule has 0 atom stereocenters. The van der Waals surface area contributed by atoms with Crippen molar-refractivity contribution in [2.24, 2.45) is 5.73 Å². The number of carbonyl (C=O) groups is 1. The number of phenols is 1. The smallest absolute Gasteiger partial charge is 0.407 e. The first-order chi connectivity index (χ1) is 8.81. The van der Waals surface area contributed by atoms with Crippen molar-refractivity contribution in [2.75, 3.05) is 6.54 Å². The molecule has 0 unspecified atom stereocenters. The number of phenolic OH excluding ortho intramolecular Hbond substituents is 1. The minimum absolute atomic E-state index is 0.200. The van der Waals surface area contributed by atoms with E-state index in [0.29, 0.717) is 25.1 Å². The van der Waals surface area contributed by atoms with Crippen LogP contribution >= 0.6 is 0 Å². The van der Waals surface area contributed by atoms with E-state index in [0.717, 1.165) is 5.56 Å². The number of alkyl carbamates (subject to hydrolysis) is 1. The number of carbonyl (C=O) groups excluding carboxylic acids is 1. The molecule has 1 amide bonds. The number of nitrogens with one attached hydrogen (secondary N) is 1. The highest BCUT2D eigenvalue weighted by Crippen LogP contribution is 2.17. The number of hydrogen-bond donors (Lipinski definition) is 3. The summed E-state index contributed by atoms with van der Waals surface area (Å²) in [7, 11) is 0. The molecule has 0 aliphatic heterocycles. The van der Waals surface area contributed by atoms with E-state index in [1.165, 1.54) is 0 Å². The summed E-state index contributed by atoms with van der Waals surface area (Å²) in [5, 5.41) is 12.2. The van der Waals surface area contributed by atoms with E-state index in [1.54, 1.807) is 6.07 Å². The van der Waals surface area contributed by atoms with Crippen LogP contribution in [-0.2, 0) is 17.7 Å². The topological polar surface area (TPSA) is 84.6 Å². The fourth-order valence-corrected chi connectivity index (χ4v) is 1.58. The summed E-state index contributed by atoms with van der Waals surface area (Å²) < 4.78 is 5.13. The Labute approximate surface area is 113 Å². The van der Waals surface area contributed by atoms with Gasteiger partial charge in [0, 0.05) is 18.7 Å². The van der Waals surface area contributed by atoms with Crippen LogP contribution in [0.15, 0.2) is 18.2 Å². The van der Waals surface area contributed by atoms with Crippen LogP contribution in [0.3, 0.4) is 0 Å². The Bertz CT molecular complexity index is 439. The Balaban J connectivity index is 2.43. The van der Waals surface area contributed by atoms with Crippen LogP contribution in [-0.4, -0.2) is 23.3 Å². The van der Waals surface area contributed by atoms with Gasteiger partial charge in [-0.3, -0.25) is 0 Å². The number of rotatable bonds is 4. The van der Waals surface area contributed by atoms with E-state index in [2.05, 4.69) is 5.32 Å². The van der Waals surface area contributed by atoms with Crippen LogP contribution in [0.4, 0.5) is 4.79 Å². The molecule has 0 aliphatic rings. The van der Waals surface area contributed by atoms with E-state index in [1.807, 2.05) is 32.9 Å². The second-order valence-electron chi connectivity index (χ2n) is 5.35. The van der Waals surface area contributed by atoms with Crippen LogP contribution in [0, 0.1) is 0 Å². The summed E-state index contributed by atoms with van der Waals surface area (Å²) in [6.07, 6.45) is 0.234. The summed E-state index contributed by atoms with van der Waals surface area (Å²) in [5.74, 6) is 0.200. The molecule has 0 spiro atoms. The molecule has 106 valence electrons. The average molecular weight is 266 g/mol. The molecular formula is C14H22N2O3. The molecule has 1 rings (SSSR count). The van der Waals surface area contributed by atoms with E-state index in [9.17, 15) is 9.90 Å². The van der Waals surface area contributed by atoms with Gasteiger partial charge >= 0.3 is 6.09 Å². The van der Waals surface area contributed by atoms with Crippen LogP contribution in [0.5, 0.6) is 5.75 Å². The lowest BCUT2D eigenvalue weighted by Gasteiger charge is -2.19. The predicted molar refractivity (Wildman–Crippen MR) is 73.9 cm³/mol. The van der Waals surface area contributed by atoms with Crippen molar-refractivity contribution < 1.29 is 14.6 Å². The maximum atomic E-state index is 11.4. The van der Waals surface area contributed by atoms with Crippen LogP contribution in [0.25, 0.3) is 0 Å². The molecule has 4 N–H and O–H groups in total. The molecule has 0 bridgehead atoms. The van der Waals surface area contributed by atoms with Gasteiger partial charge in [0.15, 0.2) is 0 Å². The van der Waals surface area contributed by atoms with Gasteiger partial charge in [-0.1, -0.05) is 12.1 Å². The quantitative estimate of drug-likeness (QED) is 0.777. The van der Waals surface area contributed by atoms with Gasteiger partial charge in [-0.15, -0.1) is 0 Å². The third kappa shape index (κ3) is 5.61. The van der Waals surface area contributed by atoms with Gasteiger partial charge in [0.05, 0.1) is 0 Å².